The monoisotopic (exact) mass is 230 g/mol. The van der Waals surface area contributed by atoms with Crippen LogP contribution in [0.15, 0.2) is 24.3 Å². The molecule has 4 heteroatoms. The van der Waals surface area contributed by atoms with Gasteiger partial charge in [-0.1, -0.05) is 12.1 Å². The number of methoxy groups -OCH3 is 1. The number of ether oxygens (including phenoxy) is 1. The average molecular weight is 230 g/mol. The van der Waals surface area contributed by atoms with Gasteiger partial charge < -0.3 is 9.64 Å². The highest BCUT2D eigenvalue weighted by atomic mass is 16.5. The minimum absolute atomic E-state index is 0.0196. The molecule has 0 N–H and O–H groups in total. The molecular formula is C13H14N2O2. The second-order valence-electron chi connectivity index (χ2n) is 4.14. The maximum atomic E-state index is 11.8. The van der Waals surface area contributed by atoms with Gasteiger partial charge in [0.1, 0.15) is 0 Å². The predicted molar refractivity (Wildman–Crippen MR) is 63.2 cm³/mol. The molecule has 0 aliphatic carbocycles. The van der Waals surface area contributed by atoms with E-state index in [1.54, 1.807) is 12.0 Å². The maximum Gasteiger partial charge on any atom is 0.228 e. The first-order valence-corrected chi connectivity index (χ1v) is 5.52. The molecule has 0 bridgehead atoms. The highest BCUT2D eigenvalue weighted by Crippen LogP contribution is 2.25. The molecule has 1 aliphatic rings. The summed E-state index contributed by atoms with van der Waals surface area (Å²) in [6.45, 7) is 1.02. The molecule has 88 valence electrons. The number of nitrogens with zero attached hydrogens (tertiary/aromatic N) is 2. The summed E-state index contributed by atoms with van der Waals surface area (Å²) in [5, 5.41) is 8.84. The van der Waals surface area contributed by atoms with Crippen molar-refractivity contribution < 1.29 is 9.53 Å². The predicted octanol–water partition coefficient (Wildman–Crippen LogP) is 1.71. The molecule has 1 amide bonds. The van der Waals surface area contributed by atoms with Crippen molar-refractivity contribution in [2.24, 2.45) is 5.92 Å². The fourth-order valence-electron chi connectivity index (χ4n) is 2.02. The van der Waals surface area contributed by atoms with Gasteiger partial charge in [-0.15, -0.1) is 0 Å². The van der Waals surface area contributed by atoms with Gasteiger partial charge in [-0.05, 0) is 17.7 Å². The van der Waals surface area contributed by atoms with Crippen molar-refractivity contribution >= 4 is 11.6 Å². The van der Waals surface area contributed by atoms with Gasteiger partial charge >= 0.3 is 0 Å². The van der Waals surface area contributed by atoms with Gasteiger partial charge in [0.15, 0.2) is 0 Å². The van der Waals surface area contributed by atoms with E-state index in [-0.39, 0.29) is 11.8 Å². The lowest BCUT2D eigenvalue weighted by molar-refractivity contribution is -0.117. The van der Waals surface area contributed by atoms with Crippen LogP contribution < -0.4 is 4.90 Å². The Morgan fingerprint density at radius 3 is 3.06 bits per heavy atom. The smallest absolute Gasteiger partial charge is 0.228 e. The van der Waals surface area contributed by atoms with E-state index in [2.05, 4.69) is 6.07 Å². The van der Waals surface area contributed by atoms with E-state index < -0.39 is 0 Å². The Labute approximate surface area is 100 Å². The first-order chi connectivity index (χ1) is 8.24. The zero-order chi connectivity index (χ0) is 12.3. The molecule has 1 fully saturated rings. The largest absolute Gasteiger partial charge is 0.380 e. The Balaban J connectivity index is 2.20. The van der Waals surface area contributed by atoms with E-state index >= 15 is 0 Å². The van der Waals surface area contributed by atoms with Crippen LogP contribution in [-0.2, 0) is 16.1 Å². The van der Waals surface area contributed by atoms with Crippen LogP contribution in [0.25, 0.3) is 0 Å². The number of anilines is 1. The zero-order valence-corrected chi connectivity index (χ0v) is 9.72. The van der Waals surface area contributed by atoms with Gasteiger partial charge in [0.05, 0.1) is 18.6 Å². The lowest BCUT2D eigenvalue weighted by atomic mass is 10.1. The third-order valence-corrected chi connectivity index (χ3v) is 2.84. The summed E-state index contributed by atoms with van der Waals surface area (Å²) in [5.41, 5.74) is 1.88. The standard InChI is InChI=1S/C13H14N2O2/c1-17-9-10-3-2-4-12(5-10)15-8-11(7-14)6-13(15)16/h2-5,11H,6,8-9H2,1H3. The quantitative estimate of drug-likeness (QED) is 0.794. The summed E-state index contributed by atoms with van der Waals surface area (Å²) in [7, 11) is 1.64. The summed E-state index contributed by atoms with van der Waals surface area (Å²) >= 11 is 0. The van der Waals surface area contributed by atoms with Gasteiger partial charge in [-0.25, -0.2) is 0 Å². The number of hydrogen-bond donors (Lipinski definition) is 0. The number of amides is 1. The molecule has 17 heavy (non-hydrogen) atoms. The Morgan fingerprint density at radius 2 is 2.41 bits per heavy atom. The third-order valence-electron chi connectivity index (χ3n) is 2.84. The van der Waals surface area contributed by atoms with Gasteiger partial charge in [-0.2, -0.15) is 5.26 Å². The molecule has 4 nitrogen and oxygen atoms in total. The van der Waals surface area contributed by atoms with Crippen LogP contribution in [-0.4, -0.2) is 19.6 Å². The van der Waals surface area contributed by atoms with Crippen molar-refractivity contribution in [1.82, 2.24) is 0 Å². The highest BCUT2D eigenvalue weighted by Gasteiger charge is 2.30. The van der Waals surface area contributed by atoms with Gasteiger partial charge in [0.2, 0.25) is 5.91 Å². The van der Waals surface area contributed by atoms with Crippen molar-refractivity contribution in [2.45, 2.75) is 13.0 Å². The summed E-state index contributed by atoms with van der Waals surface area (Å²) in [6, 6.07) is 9.82. The molecule has 0 radical (unpaired) electrons. The number of rotatable bonds is 3. The lowest BCUT2D eigenvalue weighted by Gasteiger charge is -2.16. The number of carbonyl (C=O) groups is 1. The molecule has 1 aliphatic heterocycles. The summed E-state index contributed by atoms with van der Waals surface area (Å²) in [6.07, 6.45) is 0.324. The fraction of sp³-hybridized carbons (Fsp3) is 0.385. The molecule has 0 spiro atoms. The molecule has 2 rings (SSSR count). The van der Waals surface area contributed by atoms with E-state index in [0.29, 0.717) is 19.6 Å². The number of benzene rings is 1. The van der Waals surface area contributed by atoms with E-state index in [0.717, 1.165) is 11.3 Å². The van der Waals surface area contributed by atoms with E-state index in [1.165, 1.54) is 0 Å². The van der Waals surface area contributed by atoms with Crippen molar-refractivity contribution in [3.63, 3.8) is 0 Å². The van der Waals surface area contributed by atoms with Crippen LogP contribution in [0, 0.1) is 17.2 Å². The van der Waals surface area contributed by atoms with Crippen LogP contribution in [0.5, 0.6) is 0 Å². The van der Waals surface area contributed by atoms with Gasteiger partial charge in [0.25, 0.3) is 0 Å². The third kappa shape index (κ3) is 2.45. The Bertz CT molecular complexity index is 465. The van der Waals surface area contributed by atoms with Gasteiger partial charge in [-0.3, -0.25) is 4.79 Å². The van der Waals surface area contributed by atoms with Crippen molar-refractivity contribution in [1.29, 1.82) is 5.26 Å². The molecule has 0 aromatic heterocycles. The van der Waals surface area contributed by atoms with Crippen molar-refractivity contribution in [3.05, 3.63) is 29.8 Å². The number of hydrogen-bond acceptors (Lipinski definition) is 3. The van der Waals surface area contributed by atoms with Gasteiger partial charge in [0, 0.05) is 25.8 Å². The number of nitriles is 1. The highest BCUT2D eigenvalue weighted by molar-refractivity contribution is 5.96. The molecule has 1 aromatic rings. The summed E-state index contributed by atoms with van der Waals surface area (Å²) < 4.78 is 5.06. The van der Waals surface area contributed by atoms with Crippen molar-refractivity contribution in [3.8, 4) is 6.07 Å². The van der Waals surface area contributed by atoms with Crippen LogP contribution in [0.2, 0.25) is 0 Å². The normalized spacial score (nSPS) is 19.4. The minimum Gasteiger partial charge on any atom is -0.380 e. The molecule has 1 atom stereocenters. The molecule has 0 saturated carbocycles. The lowest BCUT2D eigenvalue weighted by Crippen LogP contribution is -2.24. The first kappa shape index (κ1) is 11.6. The number of carbonyl (C=O) groups excluding carboxylic acids is 1. The topological polar surface area (TPSA) is 53.3 Å². The Morgan fingerprint density at radius 1 is 1.59 bits per heavy atom. The van der Waals surface area contributed by atoms with Crippen LogP contribution in [0.4, 0.5) is 5.69 Å². The van der Waals surface area contributed by atoms with Crippen LogP contribution >= 0.6 is 0 Å². The first-order valence-electron chi connectivity index (χ1n) is 5.52. The second-order valence-corrected chi connectivity index (χ2v) is 4.14. The molecule has 1 unspecified atom stereocenters. The Hall–Kier alpha value is -1.86. The molecular weight excluding hydrogens is 216 g/mol. The van der Waals surface area contributed by atoms with E-state index in [4.69, 9.17) is 10.00 Å². The SMILES string of the molecule is COCc1cccc(N2CC(C#N)CC2=O)c1. The molecule has 1 heterocycles. The van der Waals surface area contributed by atoms with E-state index in [9.17, 15) is 4.79 Å². The maximum absolute atomic E-state index is 11.8. The molecule has 1 aromatic carbocycles. The average Bonchev–Trinajstić information content (AvgIpc) is 2.71. The van der Waals surface area contributed by atoms with E-state index in [1.807, 2.05) is 24.3 Å². The summed E-state index contributed by atoms with van der Waals surface area (Å²) in [5.74, 6) is -0.167. The van der Waals surface area contributed by atoms with Crippen LogP contribution in [0.1, 0.15) is 12.0 Å². The summed E-state index contributed by atoms with van der Waals surface area (Å²) in [4.78, 5) is 13.4. The van der Waals surface area contributed by atoms with Crippen LogP contribution in [0.3, 0.4) is 0 Å². The minimum atomic E-state index is -0.186. The fourth-order valence-corrected chi connectivity index (χ4v) is 2.02. The zero-order valence-electron chi connectivity index (χ0n) is 9.72. The van der Waals surface area contributed by atoms with Crippen molar-refractivity contribution in [2.75, 3.05) is 18.6 Å². The molecule has 1 saturated heterocycles. The second kappa shape index (κ2) is 4.98. The Kier molecular flexibility index (Phi) is 3.40.